The van der Waals surface area contributed by atoms with Crippen LogP contribution in [-0.2, 0) is 47.6 Å². The van der Waals surface area contributed by atoms with E-state index >= 15 is 0 Å². The van der Waals surface area contributed by atoms with E-state index in [1.165, 1.54) is 38.5 Å². The zero-order valence-electron chi connectivity index (χ0n) is 33.6. The maximum absolute atomic E-state index is 13.8. The highest BCUT2D eigenvalue weighted by Gasteiger charge is 2.42. The van der Waals surface area contributed by atoms with E-state index in [0.717, 1.165) is 0 Å². The van der Waals surface area contributed by atoms with Crippen LogP contribution in [0.5, 0.6) is 0 Å². The molecule has 16 heteroatoms. The summed E-state index contributed by atoms with van der Waals surface area (Å²) in [5.74, 6) is -7.10. The van der Waals surface area contributed by atoms with Crippen molar-refractivity contribution in [2.24, 2.45) is 0 Å². The van der Waals surface area contributed by atoms with Crippen molar-refractivity contribution in [3.8, 4) is 0 Å². The fourth-order valence-corrected chi connectivity index (χ4v) is 7.48. The topological polar surface area (TPSA) is 182 Å². The quantitative estimate of drug-likeness (QED) is 0.131. The van der Waals surface area contributed by atoms with Crippen molar-refractivity contribution in [1.82, 2.24) is 10.6 Å². The summed E-state index contributed by atoms with van der Waals surface area (Å²) >= 11 is 13.2. The summed E-state index contributed by atoms with van der Waals surface area (Å²) in [5, 5.41) is 6.52. The monoisotopic (exact) mass is 860 g/mol. The number of ether oxygens (including phenoxy) is 6. The molecular weight excluding hydrogens is 819 g/mol. The van der Waals surface area contributed by atoms with Crippen molar-refractivity contribution >= 4 is 59.0 Å². The smallest absolute Gasteiger partial charge is 0.339 e. The Morgan fingerprint density at radius 3 is 1.18 bits per heavy atom. The van der Waals surface area contributed by atoms with Gasteiger partial charge in [-0.25, -0.2) is 28.8 Å². The lowest BCUT2D eigenvalue weighted by atomic mass is 9.80. The first-order valence-corrected chi connectivity index (χ1v) is 19.4. The predicted molar refractivity (Wildman–Crippen MR) is 218 cm³/mol. The molecule has 2 unspecified atom stereocenters. The Morgan fingerprint density at radius 2 is 0.850 bits per heavy atom. The van der Waals surface area contributed by atoms with Gasteiger partial charge in [0.25, 0.3) is 0 Å². The molecule has 0 saturated carbocycles. The SMILES string of the molecule is CCOC(=O)C1=C(COC(=O)c2ccccc2C(=O)OCC2=C(C(=O)OCC)C(c3ccccc3Cl)C(C(=O)OC)=C(C)N2)NC(C)=C(C(=O)OC)C1c1ccccc1Cl. The van der Waals surface area contributed by atoms with E-state index in [9.17, 15) is 28.8 Å². The highest BCUT2D eigenvalue weighted by molar-refractivity contribution is 6.32. The van der Waals surface area contributed by atoms with E-state index in [1.807, 2.05) is 0 Å². The average molecular weight is 862 g/mol. The molecule has 0 amide bonds. The number of rotatable bonds is 14. The number of dihydropyridines is 2. The minimum Gasteiger partial charge on any atom is -0.466 e. The summed E-state index contributed by atoms with van der Waals surface area (Å²) < 4.78 is 32.4. The van der Waals surface area contributed by atoms with Crippen LogP contribution in [0.25, 0.3) is 0 Å². The van der Waals surface area contributed by atoms with Crippen LogP contribution >= 0.6 is 23.2 Å². The fraction of sp³-hybridized carbons (Fsp3) is 0.273. The molecule has 14 nitrogen and oxygen atoms in total. The maximum atomic E-state index is 13.8. The van der Waals surface area contributed by atoms with E-state index in [0.29, 0.717) is 22.5 Å². The van der Waals surface area contributed by atoms with Gasteiger partial charge in [0, 0.05) is 21.4 Å². The van der Waals surface area contributed by atoms with Gasteiger partial charge in [0.05, 0.1) is 84.1 Å². The third kappa shape index (κ3) is 9.40. The Kier molecular flexibility index (Phi) is 14.9. The second-order valence-corrected chi connectivity index (χ2v) is 14.0. The number of halogens is 2. The molecule has 0 bridgehead atoms. The molecule has 60 heavy (non-hydrogen) atoms. The van der Waals surface area contributed by atoms with Gasteiger partial charge in [-0.3, -0.25) is 0 Å². The summed E-state index contributed by atoms with van der Waals surface area (Å²) in [6, 6.07) is 19.0. The number of carbonyl (C=O) groups excluding carboxylic acids is 6. The van der Waals surface area contributed by atoms with Gasteiger partial charge in [-0.15, -0.1) is 0 Å². The molecule has 0 radical (unpaired) electrons. The van der Waals surface area contributed by atoms with E-state index in [-0.39, 0.29) is 68.1 Å². The van der Waals surface area contributed by atoms with Crippen molar-refractivity contribution in [2.45, 2.75) is 39.5 Å². The van der Waals surface area contributed by atoms with Crippen LogP contribution in [0.3, 0.4) is 0 Å². The molecule has 2 aliphatic heterocycles. The van der Waals surface area contributed by atoms with Crippen molar-refractivity contribution in [3.63, 3.8) is 0 Å². The number of hydrogen-bond acceptors (Lipinski definition) is 14. The molecule has 314 valence electrons. The molecule has 0 aliphatic carbocycles. The van der Waals surface area contributed by atoms with Crippen LogP contribution < -0.4 is 10.6 Å². The molecule has 5 rings (SSSR count). The molecule has 0 fully saturated rings. The molecule has 0 spiro atoms. The second-order valence-electron chi connectivity index (χ2n) is 13.1. The van der Waals surface area contributed by atoms with Crippen molar-refractivity contribution < 1.29 is 57.2 Å². The third-order valence-corrected chi connectivity index (χ3v) is 10.3. The first-order chi connectivity index (χ1) is 28.8. The molecule has 2 atom stereocenters. The van der Waals surface area contributed by atoms with Gasteiger partial charge in [0.2, 0.25) is 0 Å². The average Bonchev–Trinajstić information content (AvgIpc) is 3.24. The van der Waals surface area contributed by atoms with Gasteiger partial charge in [-0.05, 0) is 63.1 Å². The molecule has 2 heterocycles. The summed E-state index contributed by atoms with van der Waals surface area (Å²) in [6.07, 6.45) is 0. The zero-order chi connectivity index (χ0) is 43.7. The summed E-state index contributed by atoms with van der Waals surface area (Å²) in [6.45, 7) is 5.36. The van der Waals surface area contributed by atoms with Crippen LogP contribution in [0.4, 0.5) is 0 Å². The number of allylic oxidation sites excluding steroid dienone is 2. The Bertz CT molecular complexity index is 2200. The molecule has 2 aliphatic rings. The molecule has 3 aromatic rings. The Morgan fingerprint density at radius 1 is 0.500 bits per heavy atom. The van der Waals surface area contributed by atoms with E-state index in [4.69, 9.17) is 51.6 Å². The molecular formula is C44H42Cl2N2O12. The first-order valence-electron chi connectivity index (χ1n) is 18.6. The fourth-order valence-electron chi connectivity index (χ4n) is 6.99. The van der Waals surface area contributed by atoms with Crippen molar-refractivity contribution in [3.05, 3.63) is 150 Å². The van der Waals surface area contributed by atoms with E-state index < -0.39 is 60.9 Å². The Balaban J connectivity index is 1.47. The minimum atomic E-state index is -1.07. The largest absolute Gasteiger partial charge is 0.466 e. The lowest BCUT2D eigenvalue weighted by Crippen LogP contribution is -2.35. The van der Waals surface area contributed by atoms with Crippen LogP contribution in [0.2, 0.25) is 10.0 Å². The number of hydrogen-bond donors (Lipinski definition) is 2. The van der Waals surface area contributed by atoms with E-state index in [1.54, 1.807) is 76.2 Å². The number of esters is 6. The van der Waals surface area contributed by atoms with Crippen molar-refractivity contribution in [2.75, 3.05) is 40.6 Å². The van der Waals surface area contributed by atoms with Crippen LogP contribution in [0.1, 0.15) is 71.4 Å². The standard InChI is InChI=1S/C44H42Cl2N2O12/c1-7-57-43(53)37-31(47-23(3)33(41(51)55-5)35(37)27-17-11-13-19-29(27)45)21-59-39(49)25-15-9-10-16-26(25)40(50)60-22-32-38(44(54)58-8-2)36(28-18-12-14-20-30(28)46)34(24(4)48-32)42(52)56-6/h9-20,35-36,47-48H,7-8,21-22H2,1-6H3. The Hall–Kier alpha value is -6.38. The third-order valence-electron chi connectivity index (χ3n) is 9.59. The number of methoxy groups -OCH3 is 2. The second kappa shape index (κ2) is 20.1. The van der Waals surface area contributed by atoms with Gasteiger partial charge in [0.15, 0.2) is 0 Å². The normalized spacial score (nSPS) is 16.3. The van der Waals surface area contributed by atoms with Gasteiger partial charge < -0.3 is 39.1 Å². The number of benzene rings is 3. The van der Waals surface area contributed by atoms with Crippen LogP contribution in [0.15, 0.2) is 118 Å². The highest BCUT2D eigenvalue weighted by Crippen LogP contribution is 2.43. The molecule has 2 N–H and O–H groups in total. The minimum absolute atomic E-state index is 0.00690. The Labute approximate surface area is 356 Å². The van der Waals surface area contributed by atoms with Crippen molar-refractivity contribution in [1.29, 1.82) is 0 Å². The van der Waals surface area contributed by atoms with Crippen LogP contribution in [0, 0.1) is 0 Å². The van der Waals surface area contributed by atoms with Gasteiger partial charge >= 0.3 is 35.8 Å². The summed E-state index contributed by atoms with van der Waals surface area (Å²) in [4.78, 5) is 81.1. The van der Waals surface area contributed by atoms with Gasteiger partial charge in [-0.1, -0.05) is 71.7 Å². The summed E-state index contributed by atoms with van der Waals surface area (Å²) in [5.41, 5.74) is 1.35. The molecule has 3 aromatic carbocycles. The van der Waals surface area contributed by atoms with Gasteiger partial charge in [0.1, 0.15) is 13.2 Å². The first kappa shape index (κ1) is 44.7. The maximum Gasteiger partial charge on any atom is 0.339 e. The molecule has 0 saturated heterocycles. The number of nitrogens with one attached hydrogen (secondary N) is 2. The molecule has 0 aromatic heterocycles. The van der Waals surface area contributed by atoms with Crippen LogP contribution in [-0.4, -0.2) is 76.5 Å². The number of carbonyl (C=O) groups is 6. The predicted octanol–water partition coefficient (Wildman–Crippen LogP) is 6.61. The lowest BCUT2D eigenvalue weighted by molar-refractivity contribution is -0.140. The summed E-state index contributed by atoms with van der Waals surface area (Å²) in [7, 11) is 2.41. The highest BCUT2D eigenvalue weighted by atomic mass is 35.5. The van der Waals surface area contributed by atoms with E-state index in [2.05, 4.69) is 10.6 Å². The van der Waals surface area contributed by atoms with Gasteiger partial charge in [-0.2, -0.15) is 0 Å². The lowest BCUT2D eigenvalue weighted by Gasteiger charge is -2.31. The zero-order valence-corrected chi connectivity index (χ0v) is 35.1.